The fourth-order valence-corrected chi connectivity index (χ4v) is 1.95. The predicted octanol–water partition coefficient (Wildman–Crippen LogP) is 1.75. The third-order valence-corrected chi connectivity index (χ3v) is 3.03. The van der Waals surface area contributed by atoms with Crippen molar-refractivity contribution < 1.29 is 9.47 Å². The van der Waals surface area contributed by atoms with Gasteiger partial charge in [-0.2, -0.15) is 0 Å². The van der Waals surface area contributed by atoms with Gasteiger partial charge in [0.25, 0.3) is 0 Å². The summed E-state index contributed by atoms with van der Waals surface area (Å²) < 4.78 is 11.0. The first-order valence-corrected chi connectivity index (χ1v) is 6.04. The van der Waals surface area contributed by atoms with Crippen LogP contribution in [0.3, 0.4) is 0 Å². The zero-order valence-electron chi connectivity index (χ0n) is 9.37. The maximum Gasteiger partial charge on any atom is 0.161 e. The second kappa shape index (κ2) is 4.34. The molecular weight excluding hydrogens is 202 g/mol. The van der Waals surface area contributed by atoms with Crippen LogP contribution in [-0.4, -0.2) is 25.8 Å². The van der Waals surface area contributed by atoms with Crippen LogP contribution in [0.4, 0.5) is 0 Å². The van der Waals surface area contributed by atoms with Gasteiger partial charge in [-0.1, -0.05) is 6.07 Å². The lowest BCUT2D eigenvalue weighted by Crippen LogP contribution is -2.19. The molecule has 1 heterocycles. The molecule has 3 rings (SSSR count). The Morgan fingerprint density at radius 1 is 1.12 bits per heavy atom. The Labute approximate surface area is 95.8 Å². The smallest absolute Gasteiger partial charge is 0.161 e. The molecule has 0 atom stereocenters. The molecule has 0 amide bonds. The van der Waals surface area contributed by atoms with Crippen LogP contribution in [0.25, 0.3) is 0 Å². The Morgan fingerprint density at radius 3 is 2.75 bits per heavy atom. The average molecular weight is 219 g/mol. The number of benzene rings is 1. The normalized spacial score (nSPS) is 18.5. The van der Waals surface area contributed by atoms with Gasteiger partial charge in [0.1, 0.15) is 13.2 Å². The lowest BCUT2D eigenvalue weighted by atomic mass is 10.1. The topological polar surface area (TPSA) is 30.5 Å². The maximum absolute atomic E-state index is 5.56. The molecule has 0 bridgehead atoms. The van der Waals surface area contributed by atoms with Crippen LogP contribution in [0, 0.1) is 0 Å². The zero-order valence-corrected chi connectivity index (χ0v) is 9.37. The van der Waals surface area contributed by atoms with Crippen molar-refractivity contribution in [3.63, 3.8) is 0 Å². The van der Waals surface area contributed by atoms with E-state index >= 15 is 0 Å². The number of hydrogen-bond acceptors (Lipinski definition) is 3. The van der Waals surface area contributed by atoms with Gasteiger partial charge >= 0.3 is 0 Å². The molecule has 0 radical (unpaired) electrons. The van der Waals surface area contributed by atoms with Gasteiger partial charge in [0.2, 0.25) is 0 Å². The standard InChI is InChI=1S/C13H17NO2/c1-4-12-13(16-8-7-15-12)9-10(1)5-6-14-11-2-3-11/h1,4,9,11,14H,2-3,5-8H2. The van der Waals surface area contributed by atoms with Gasteiger partial charge in [0.15, 0.2) is 11.5 Å². The molecule has 0 saturated heterocycles. The molecule has 3 nitrogen and oxygen atoms in total. The van der Waals surface area contributed by atoms with Crippen molar-refractivity contribution in [1.82, 2.24) is 5.32 Å². The largest absolute Gasteiger partial charge is 0.486 e. The Hall–Kier alpha value is -1.22. The van der Waals surface area contributed by atoms with Crippen LogP contribution >= 0.6 is 0 Å². The second-order valence-corrected chi connectivity index (χ2v) is 4.46. The van der Waals surface area contributed by atoms with Crippen molar-refractivity contribution in [2.75, 3.05) is 19.8 Å². The van der Waals surface area contributed by atoms with Gasteiger partial charge in [-0.15, -0.1) is 0 Å². The number of nitrogens with one attached hydrogen (secondary N) is 1. The van der Waals surface area contributed by atoms with Gasteiger partial charge in [-0.05, 0) is 43.5 Å². The van der Waals surface area contributed by atoms with Crippen molar-refractivity contribution in [2.45, 2.75) is 25.3 Å². The van der Waals surface area contributed by atoms with E-state index < -0.39 is 0 Å². The molecule has 1 fully saturated rings. The fourth-order valence-electron chi connectivity index (χ4n) is 1.95. The quantitative estimate of drug-likeness (QED) is 0.837. The van der Waals surface area contributed by atoms with Gasteiger partial charge in [-0.25, -0.2) is 0 Å². The van der Waals surface area contributed by atoms with E-state index in [2.05, 4.69) is 17.4 Å². The minimum atomic E-state index is 0.662. The summed E-state index contributed by atoms with van der Waals surface area (Å²) in [5, 5.41) is 3.51. The highest BCUT2D eigenvalue weighted by molar-refractivity contribution is 5.43. The zero-order chi connectivity index (χ0) is 10.8. The van der Waals surface area contributed by atoms with E-state index in [9.17, 15) is 0 Å². The Kier molecular flexibility index (Phi) is 2.70. The molecule has 1 N–H and O–H groups in total. The summed E-state index contributed by atoms with van der Waals surface area (Å²) in [6, 6.07) is 7.03. The van der Waals surface area contributed by atoms with Gasteiger partial charge in [0, 0.05) is 6.04 Å². The highest BCUT2D eigenvalue weighted by atomic mass is 16.6. The maximum atomic E-state index is 5.56. The van der Waals surface area contributed by atoms with Crippen LogP contribution in [-0.2, 0) is 6.42 Å². The predicted molar refractivity (Wildman–Crippen MR) is 62.2 cm³/mol. The first-order chi connectivity index (χ1) is 7.92. The Bertz CT molecular complexity index is 374. The van der Waals surface area contributed by atoms with Crippen LogP contribution in [0.5, 0.6) is 11.5 Å². The van der Waals surface area contributed by atoms with Crippen LogP contribution in [0.2, 0.25) is 0 Å². The minimum Gasteiger partial charge on any atom is -0.486 e. The van der Waals surface area contributed by atoms with Crippen molar-refractivity contribution in [2.24, 2.45) is 0 Å². The number of fused-ring (bicyclic) bond motifs is 1. The molecule has 1 aromatic carbocycles. The molecule has 2 aliphatic rings. The van der Waals surface area contributed by atoms with Crippen LogP contribution < -0.4 is 14.8 Å². The number of rotatable bonds is 4. The van der Waals surface area contributed by atoms with Gasteiger partial charge in [-0.3, -0.25) is 0 Å². The molecule has 0 unspecified atom stereocenters. The van der Waals surface area contributed by atoms with E-state index in [0.717, 1.165) is 30.5 Å². The molecular formula is C13H17NO2. The molecule has 1 aliphatic carbocycles. The third-order valence-electron chi connectivity index (χ3n) is 3.03. The summed E-state index contributed by atoms with van der Waals surface area (Å²) in [4.78, 5) is 0. The molecule has 3 heteroatoms. The number of ether oxygens (including phenoxy) is 2. The molecule has 1 aliphatic heterocycles. The van der Waals surface area contributed by atoms with E-state index in [1.54, 1.807) is 0 Å². The summed E-state index contributed by atoms with van der Waals surface area (Å²) in [6.07, 6.45) is 3.76. The first kappa shape index (κ1) is 9.97. The first-order valence-electron chi connectivity index (χ1n) is 6.04. The SMILES string of the molecule is c1cc2c(cc1CCNC1CC1)OCCO2. The molecule has 16 heavy (non-hydrogen) atoms. The molecule has 1 saturated carbocycles. The number of hydrogen-bond donors (Lipinski definition) is 1. The lowest BCUT2D eigenvalue weighted by molar-refractivity contribution is 0.171. The summed E-state index contributed by atoms with van der Waals surface area (Å²) in [6.45, 7) is 2.39. The van der Waals surface area contributed by atoms with Gasteiger partial charge in [0.05, 0.1) is 0 Å². The summed E-state index contributed by atoms with van der Waals surface area (Å²) in [5.74, 6) is 1.78. The van der Waals surface area contributed by atoms with Gasteiger partial charge < -0.3 is 14.8 Å². The van der Waals surface area contributed by atoms with Crippen molar-refractivity contribution in [3.05, 3.63) is 23.8 Å². The van der Waals surface area contributed by atoms with E-state index in [1.807, 2.05) is 6.07 Å². The molecule has 1 aromatic rings. The van der Waals surface area contributed by atoms with Crippen molar-refractivity contribution in [1.29, 1.82) is 0 Å². The van der Waals surface area contributed by atoms with E-state index in [4.69, 9.17) is 9.47 Å². The summed E-state index contributed by atoms with van der Waals surface area (Å²) in [5.41, 5.74) is 1.32. The van der Waals surface area contributed by atoms with Crippen molar-refractivity contribution in [3.8, 4) is 11.5 Å². The Balaban J connectivity index is 1.60. The van der Waals surface area contributed by atoms with E-state index in [1.165, 1.54) is 18.4 Å². The van der Waals surface area contributed by atoms with Crippen LogP contribution in [0.15, 0.2) is 18.2 Å². The van der Waals surface area contributed by atoms with E-state index in [-0.39, 0.29) is 0 Å². The average Bonchev–Trinajstić information content (AvgIpc) is 3.13. The minimum absolute atomic E-state index is 0.662. The lowest BCUT2D eigenvalue weighted by Gasteiger charge is -2.18. The summed E-state index contributed by atoms with van der Waals surface area (Å²) in [7, 11) is 0. The third kappa shape index (κ3) is 2.30. The molecule has 0 aromatic heterocycles. The Morgan fingerprint density at radius 2 is 1.94 bits per heavy atom. The summed E-state index contributed by atoms with van der Waals surface area (Å²) >= 11 is 0. The van der Waals surface area contributed by atoms with Crippen LogP contribution in [0.1, 0.15) is 18.4 Å². The monoisotopic (exact) mass is 219 g/mol. The molecule has 0 spiro atoms. The highest BCUT2D eigenvalue weighted by Crippen LogP contribution is 2.30. The van der Waals surface area contributed by atoms with Crippen molar-refractivity contribution >= 4 is 0 Å². The second-order valence-electron chi connectivity index (χ2n) is 4.46. The fraction of sp³-hybridized carbons (Fsp3) is 0.538. The van der Waals surface area contributed by atoms with E-state index in [0.29, 0.717) is 13.2 Å². The highest BCUT2D eigenvalue weighted by Gasteiger charge is 2.19. The molecule has 86 valence electrons.